The Bertz CT molecular complexity index is 858. The molecular weight excluding hydrogens is 383 g/mol. The summed E-state index contributed by atoms with van der Waals surface area (Å²) in [5, 5.41) is 24.8. The van der Waals surface area contributed by atoms with Crippen LogP contribution in [0.5, 0.6) is 0 Å². The molecule has 1 saturated carbocycles. The van der Waals surface area contributed by atoms with Crippen LogP contribution in [-0.2, 0) is 4.79 Å². The van der Waals surface area contributed by atoms with Crippen LogP contribution in [0.4, 0.5) is 10.2 Å². The second-order valence-electron chi connectivity index (χ2n) is 9.09. The van der Waals surface area contributed by atoms with Crippen LogP contribution in [0.25, 0.3) is 0 Å². The number of nitriles is 2. The number of carbonyl (C=O) groups excluding carboxylic acids is 1. The van der Waals surface area contributed by atoms with Gasteiger partial charge in [-0.25, -0.2) is 9.37 Å². The number of amides is 1. The maximum atomic E-state index is 13.6. The highest BCUT2D eigenvalue weighted by atomic mass is 19.1. The Labute approximate surface area is 177 Å². The van der Waals surface area contributed by atoms with Gasteiger partial charge in [0.15, 0.2) is 0 Å². The molecule has 0 bridgehead atoms. The first-order valence-electron chi connectivity index (χ1n) is 10.4. The Kier molecular flexibility index (Phi) is 6.28. The van der Waals surface area contributed by atoms with E-state index < -0.39 is 12.2 Å². The Hall–Kier alpha value is -2.71. The number of carbonyl (C=O) groups is 1. The molecule has 8 heteroatoms. The summed E-state index contributed by atoms with van der Waals surface area (Å²) in [6.45, 7) is 7.36. The number of nitrogens with zero attached hydrogens (tertiary/aromatic N) is 4. The van der Waals surface area contributed by atoms with E-state index >= 15 is 0 Å². The standard InChI is InChI=1S/C22H29FN6O/c1-21(2)16(12-27-19-5-4-15(9-24)11-26-19)6-7-22(21,3)28-13-20(30)29-14-17(23)8-18(29)10-25/h4-5,11,16-18,28H,6-8,12-14H2,1-3H3,(H,26,27)/t16-,17-,18-,22-/m0/s1. The summed E-state index contributed by atoms with van der Waals surface area (Å²) < 4.78 is 13.6. The second-order valence-corrected chi connectivity index (χ2v) is 9.09. The fourth-order valence-electron chi connectivity index (χ4n) is 4.62. The maximum Gasteiger partial charge on any atom is 0.237 e. The van der Waals surface area contributed by atoms with Crippen molar-refractivity contribution in [2.24, 2.45) is 11.3 Å². The van der Waals surface area contributed by atoms with Gasteiger partial charge in [-0.3, -0.25) is 4.79 Å². The normalized spacial score (nSPS) is 29.9. The number of halogens is 1. The number of hydrogen-bond acceptors (Lipinski definition) is 6. The summed E-state index contributed by atoms with van der Waals surface area (Å²) in [6, 6.07) is 6.96. The summed E-state index contributed by atoms with van der Waals surface area (Å²) in [5.41, 5.74) is 0.165. The number of aromatic nitrogens is 1. The second kappa shape index (κ2) is 8.57. The highest BCUT2D eigenvalue weighted by molar-refractivity contribution is 5.79. The molecule has 3 rings (SSSR count). The zero-order valence-electron chi connectivity index (χ0n) is 17.8. The highest BCUT2D eigenvalue weighted by Crippen LogP contribution is 2.50. The summed E-state index contributed by atoms with van der Waals surface area (Å²) >= 11 is 0. The van der Waals surface area contributed by atoms with Gasteiger partial charge in [0.2, 0.25) is 5.91 Å². The predicted molar refractivity (Wildman–Crippen MR) is 111 cm³/mol. The molecule has 1 aromatic rings. The third-order valence-electron chi connectivity index (χ3n) is 7.21. The van der Waals surface area contributed by atoms with Gasteiger partial charge in [0.1, 0.15) is 24.1 Å². The van der Waals surface area contributed by atoms with E-state index in [-0.39, 0.29) is 36.4 Å². The topological polar surface area (TPSA) is 105 Å². The number of pyridine rings is 1. The number of hydrogen-bond donors (Lipinski definition) is 2. The van der Waals surface area contributed by atoms with Gasteiger partial charge in [-0.15, -0.1) is 0 Å². The van der Waals surface area contributed by atoms with Crippen molar-refractivity contribution in [3.8, 4) is 12.1 Å². The van der Waals surface area contributed by atoms with Crippen LogP contribution in [0.15, 0.2) is 18.3 Å². The molecule has 30 heavy (non-hydrogen) atoms. The molecule has 1 aliphatic carbocycles. The van der Waals surface area contributed by atoms with E-state index in [1.807, 2.05) is 6.07 Å². The Morgan fingerprint density at radius 3 is 2.77 bits per heavy atom. The van der Waals surface area contributed by atoms with E-state index in [2.05, 4.69) is 42.5 Å². The van der Waals surface area contributed by atoms with Crippen LogP contribution in [0, 0.1) is 34.0 Å². The molecule has 1 aromatic heterocycles. The molecule has 0 radical (unpaired) electrons. The van der Waals surface area contributed by atoms with E-state index in [1.54, 1.807) is 18.3 Å². The van der Waals surface area contributed by atoms with Gasteiger partial charge in [-0.2, -0.15) is 10.5 Å². The molecule has 2 N–H and O–H groups in total. The first-order chi connectivity index (χ1) is 14.2. The Morgan fingerprint density at radius 1 is 1.37 bits per heavy atom. The van der Waals surface area contributed by atoms with E-state index in [1.165, 1.54) is 4.90 Å². The minimum Gasteiger partial charge on any atom is -0.370 e. The molecule has 1 amide bonds. The molecule has 1 aliphatic heterocycles. The van der Waals surface area contributed by atoms with Gasteiger partial charge in [-0.1, -0.05) is 13.8 Å². The molecular formula is C22H29FN6O. The molecule has 7 nitrogen and oxygen atoms in total. The van der Waals surface area contributed by atoms with Gasteiger partial charge < -0.3 is 15.5 Å². The van der Waals surface area contributed by atoms with Crippen LogP contribution >= 0.6 is 0 Å². The largest absolute Gasteiger partial charge is 0.370 e. The first-order valence-corrected chi connectivity index (χ1v) is 10.4. The maximum absolute atomic E-state index is 13.6. The van der Waals surface area contributed by atoms with Gasteiger partial charge in [0.05, 0.1) is 24.7 Å². The SMILES string of the molecule is CC1(C)[C@H](CNc2ccc(C#N)cn2)CC[C@]1(C)NCC(=O)N1C[C@@H](F)C[C@H]1C#N. The van der Waals surface area contributed by atoms with Gasteiger partial charge >= 0.3 is 0 Å². The number of anilines is 1. The summed E-state index contributed by atoms with van der Waals surface area (Å²) in [7, 11) is 0. The first kappa shape index (κ1) is 22.0. The van der Waals surface area contributed by atoms with Crippen LogP contribution in [0.2, 0.25) is 0 Å². The van der Waals surface area contributed by atoms with Crippen molar-refractivity contribution >= 4 is 11.7 Å². The third kappa shape index (κ3) is 4.24. The van der Waals surface area contributed by atoms with Gasteiger partial charge in [0, 0.05) is 24.7 Å². The number of alkyl halides is 1. The highest BCUT2D eigenvalue weighted by Gasteiger charge is 2.51. The zero-order valence-corrected chi connectivity index (χ0v) is 17.8. The molecule has 160 valence electrons. The van der Waals surface area contributed by atoms with E-state index in [0.29, 0.717) is 11.5 Å². The number of rotatable bonds is 6. The van der Waals surface area contributed by atoms with Crippen molar-refractivity contribution in [3.05, 3.63) is 23.9 Å². The van der Waals surface area contributed by atoms with Crippen LogP contribution < -0.4 is 10.6 Å². The van der Waals surface area contributed by atoms with Crippen molar-refractivity contribution in [1.29, 1.82) is 10.5 Å². The van der Waals surface area contributed by atoms with E-state index in [4.69, 9.17) is 5.26 Å². The molecule has 2 fully saturated rings. The molecule has 0 unspecified atom stereocenters. The van der Waals surface area contributed by atoms with Crippen molar-refractivity contribution < 1.29 is 9.18 Å². The predicted octanol–water partition coefficient (Wildman–Crippen LogP) is 2.61. The van der Waals surface area contributed by atoms with Crippen molar-refractivity contribution in [2.75, 3.05) is 25.0 Å². The summed E-state index contributed by atoms with van der Waals surface area (Å²) in [6.07, 6.45) is 2.43. The van der Waals surface area contributed by atoms with Crippen molar-refractivity contribution in [3.63, 3.8) is 0 Å². The van der Waals surface area contributed by atoms with Crippen LogP contribution in [0.1, 0.15) is 45.6 Å². The summed E-state index contributed by atoms with van der Waals surface area (Å²) in [5.74, 6) is 0.873. The number of likely N-dealkylation sites (tertiary alicyclic amines) is 1. The number of nitrogens with one attached hydrogen (secondary N) is 2. The summed E-state index contributed by atoms with van der Waals surface area (Å²) in [4.78, 5) is 18.2. The Balaban J connectivity index is 1.57. The molecule has 2 heterocycles. The smallest absolute Gasteiger partial charge is 0.237 e. The van der Waals surface area contributed by atoms with Crippen molar-refractivity contribution in [1.82, 2.24) is 15.2 Å². The van der Waals surface area contributed by atoms with Gasteiger partial charge in [0.25, 0.3) is 0 Å². The lowest BCUT2D eigenvalue weighted by Gasteiger charge is -2.43. The monoisotopic (exact) mass is 412 g/mol. The third-order valence-corrected chi connectivity index (χ3v) is 7.21. The fraction of sp³-hybridized carbons (Fsp3) is 0.636. The molecule has 1 saturated heterocycles. The molecule has 4 atom stereocenters. The average Bonchev–Trinajstić information content (AvgIpc) is 3.22. The van der Waals surface area contributed by atoms with E-state index in [0.717, 1.165) is 25.2 Å². The molecule has 0 aromatic carbocycles. The Morgan fingerprint density at radius 2 is 2.13 bits per heavy atom. The lowest BCUT2D eigenvalue weighted by Crippen LogP contribution is -2.55. The van der Waals surface area contributed by atoms with Crippen LogP contribution in [-0.4, -0.2) is 53.2 Å². The lowest BCUT2D eigenvalue weighted by molar-refractivity contribution is -0.131. The minimum atomic E-state index is -1.12. The quantitative estimate of drug-likeness (QED) is 0.744. The zero-order chi connectivity index (χ0) is 21.9. The minimum absolute atomic E-state index is 0.00296. The van der Waals surface area contributed by atoms with Crippen molar-refractivity contribution in [2.45, 2.75) is 57.8 Å². The van der Waals surface area contributed by atoms with E-state index in [9.17, 15) is 14.4 Å². The van der Waals surface area contributed by atoms with Gasteiger partial charge in [-0.05, 0) is 43.2 Å². The fourth-order valence-corrected chi connectivity index (χ4v) is 4.62. The lowest BCUT2D eigenvalue weighted by atomic mass is 9.71. The molecule has 0 spiro atoms. The molecule has 2 aliphatic rings. The average molecular weight is 413 g/mol. The van der Waals surface area contributed by atoms with Crippen LogP contribution in [0.3, 0.4) is 0 Å².